The van der Waals surface area contributed by atoms with E-state index in [-0.39, 0.29) is 17.7 Å². The molecule has 1 fully saturated rings. The van der Waals surface area contributed by atoms with Crippen LogP contribution in [-0.2, 0) is 9.59 Å². The van der Waals surface area contributed by atoms with E-state index in [0.717, 1.165) is 32.1 Å². The van der Waals surface area contributed by atoms with Crippen LogP contribution in [-0.4, -0.2) is 34.2 Å². The van der Waals surface area contributed by atoms with Crippen molar-refractivity contribution in [2.75, 3.05) is 0 Å². The van der Waals surface area contributed by atoms with Crippen molar-refractivity contribution < 1.29 is 19.8 Å². The standard InChI is InChI=1S/C14H25NO4/c1-9(2)8-11(12(16)14(18)19)15-13(17)10-6-4-3-5-7-10/h9-12,16H,3-8H2,1-2H3,(H,15,17)(H,18,19)/t11-,12?/m0/s1. The summed E-state index contributed by atoms with van der Waals surface area (Å²) in [5, 5.41) is 21.3. The van der Waals surface area contributed by atoms with Crippen molar-refractivity contribution in [2.45, 2.75) is 64.5 Å². The fourth-order valence-corrected chi connectivity index (χ4v) is 2.61. The Kier molecular flexibility index (Phi) is 6.28. The third-order valence-electron chi connectivity index (χ3n) is 3.66. The molecule has 1 saturated carbocycles. The van der Waals surface area contributed by atoms with Gasteiger partial charge in [-0.05, 0) is 25.2 Å². The average molecular weight is 271 g/mol. The van der Waals surface area contributed by atoms with E-state index >= 15 is 0 Å². The summed E-state index contributed by atoms with van der Waals surface area (Å²) in [4.78, 5) is 23.0. The Morgan fingerprint density at radius 2 is 1.79 bits per heavy atom. The summed E-state index contributed by atoms with van der Waals surface area (Å²) < 4.78 is 0. The van der Waals surface area contributed by atoms with Crippen LogP contribution in [0.3, 0.4) is 0 Å². The van der Waals surface area contributed by atoms with Gasteiger partial charge in [-0.1, -0.05) is 33.1 Å². The number of nitrogens with one attached hydrogen (secondary N) is 1. The monoisotopic (exact) mass is 271 g/mol. The zero-order valence-electron chi connectivity index (χ0n) is 11.8. The number of carboxylic acid groups (broad SMARTS) is 1. The molecule has 110 valence electrons. The number of amides is 1. The van der Waals surface area contributed by atoms with Gasteiger partial charge in [-0.3, -0.25) is 4.79 Å². The van der Waals surface area contributed by atoms with Gasteiger partial charge >= 0.3 is 5.97 Å². The van der Waals surface area contributed by atoms with Crippen molar-refractivity contribution in [3.05, 3.63) is 0 Å². The second-order valence-electron chi connectivity index (χ2n) is 5.86. The van der Waals surface area contributed by atoms with Crippen LogP contribution in [0.25, 0.3) is 0 Å². The van der Waals surface area contributed by atoms with E-state index < -0.39 is 18.1 Å². The largest absolute Gasteiger partial charge is 0.479 e. The lowest BCUT2D eigenvalue weighted by atomic mass is 9.88. The Hall–Kier alpha value is -1.10. The summed E-state index contributed by atoms with van der Waals surface area (Å²) in [7, 11) is 0. The van der Waals surface area contributed by atoms with Crippen LogP contribution in [0.2, 0.25) is 0 Å². The Morgan fingerprint density at radius 3 is 2.26 bits per heavy atom. The van der Waals surface area contributed by atoms with Gasteiger partial charge < -0.3 is 15.5 Å². The SMILES string of the molecule is CC(C)C[C@H](NC(=O)C1CCCCC1)C(O)C(=O)O. The maximum Gasteiger partial charge on any atom is 0.334 e. The van der Waals surface area contributed by atoms with Crippen LogP contribution in [0.15, 0.2) is 0 Å². The number of rotatable bonds is 6. The van der Waals surface area contributed by atoms with Crippen molar-refractivity contribution in [1.29, 1.82) is 0 Å². The average Bonchev–Trinajstić information content (AvgIpc) is 2.37. The molecule has 5 heteroatoms. The molecule has 5 nitrogen and oxygen atoms in total. The van der Waals surface area contributed by atoms with E-state index in [4.69, 9.17) is 5.11 Å². The molecule has 1 aliphatic rings. The number of aliphatic carboxylic acids is 1. The summed E-state index contributed by atoms with van der Waals surface area (Å²) in [6.45, 7) is 3.88. The Labute approximate surface area is 114 Å². The molecule has 1 amide bonds. The summed E-state index contributed by atoms with van der Waals surface area (Å²) in [6.07, 6.45) is 3.92. The molecule has 0 aromatic heterocycles. The highest BCUT2D eigenvalue weighted by atomic mass is 16.4. The number of aliphatic hydroxyl groups excluding tert-OH is 1. The molecular formula is C14H25NO4. The van der Waals surface area contributed by atoms with Crippen molar-refractivity contribution >= 4 is 11.9 Å². The number of hydrogen-bond acceptors (Lipinski definition) is 3. The zero-order chi connectivity index (χ0) is 14.4. The summed E-state index contributed by atoms with van der Waals surface area (Å²) in [5.74, 6) is -1.20. The Bertz CT molecular complexity index is 311. The summed E-state index contributed by atoms with van der Waals surface area (Å²) in [5.41, 5.74) is 0. The van der Waals surface area contributed by atoms with Gasteiger partial charge in [0.1, 0.15) is 0 Å². The topological polar surface area (TPSA) is 86.6 Å². The molecule has 0 saturated heterocycles. The van der Waals surface area contributed by atoms with Crippen molar-refractivity contribution in [3.63, 3.8) is 0 Å². The van der Waals surface area contributed by atoms with Crippen LogP contribution in [0, 0.1) is 11.8 Å². The van der Waals surface area contributed by atoms with E-state index in [9.17, 15) is 14.7 Å². The highest BCUT2D eigenvalue weighted by Crippen LogP contribution is 2.24. The molecule has 0 spiro atoms. The molecule has 19 heavy (non-hydrogen) atoms. The van der Waals surface area contributed by atoms with Gasteiger partial charge in [0.15, 0.2) is 6.10 Å². The lowest BCUT2D eigenvalue weighted by Crippen LogP contribution is -2.49. The minimum Gasteiger partial charge on any atom is -0.479 e. The molecule has 1 rings (SSSR count). The van der Waals surface area contributed by atoms with Crippen LogP contribution in [0.5, 0.6) is 0 Å². The minimum atomic E-state index is -1.53. The second kappa shape index (κ2) is 7.48. The second-order valence-corrected chi connectivity index (χ2v) is 5.86. The van der Waals surface area contributed by atoms with Gasteiger partial charge in [0, 0.05) is 5.92 Å². The molecule has 2 atom stereocenters. The minimum absolute atomic E-state index is 0.0237. The summed E-state index contributed by atoms with van der Waals surface area (Å²) >= 11 is 0. The third-order valence-corrected chi connectivity index (χ3v) is 3.66. The third kappa shape index (κ3) is 5.19. The fourth-order valence-electron chi connectivity index (χ4n) is 2.61. The molecule has 0 bridgehead atoms. The normalized spacial score (nSPS) is 20.0. The van der Waals surface area contributed by atoms with Gasteiger partial charge in [-0.15, -0.1) is 0 Å². The van der Waals surface area contributed by atoms with E-state index in [0.29, 0.717) is 6.42 Å². The number of hydrogen-bond donors (Lipinski definition) is 3. The lowest BCUT2D eigenvalue weighted by Gasteiger charge is -2.27. The highest BCUT2D eigenvalue weighted by molar-refractivity contribution is 5.80. The van der Waals surface area contributed by atoms with Crippen LogP contribution < -0.4 is 5.32 Å². The molecular weight excluding hydrogens is 246 g/mol. The maximum absolute atomic E-state index is 12.1. The molecule has 1 unspecified atom stereocenters. The zero-order valence-corrected chi connectivity index (χ0v) is 11.8. The predicted octanol–water partition coefficient (Wildman–Crippen LogP) is 1.54. The van der Waals surface area contributed by atoms with Gasteiger partial charge in [0.25, 0.3) is 0 Å². The first-order chi connectivity index (χ1) is 8.91. The molecule has 3 N–H and O–H groups in total. The smallest absolute Gasteiger partial charge is 0.334 e. The van der Waals surface area contributed by atoms with Gasteiger partial charge in [0.2, 0.25) is 5.91 Å². The fraction of sp³-hybridized carbons (Fsp3) is 0.857. The van der Waals surface area contributed by atoms with Gasteiger partial charge in [-0.2, -0.15) is 0 Å². The first kappa shape index (κ1) is 16.0. The van der Waals surface area contributed by atoms with Crippen molar-refractivity contribution in [2.24, 2.45) is 11.8 Å². The number of carbonyl (C=O) groups is 2. The van der Waals surface area contributed by atoms with Gasteiger partial charge in [-0.25, -0.2) is 4.79 Å². The first-order valence-corrected chi connectivity index (χ1v) is 7.13. The number of aliphatic hydroxyl groups is 1. The van der Waals surface area contributed by atoms with E-state index in [1.165, 1.54) is 0 Å². The molecule has 0 aliphatic heterocycles. The maximum atomic E-state index is 12.1. The van der Waals surface area contributed by atoms with Crippen LogP contribution in [0.1, 0.15) is 52.4 Å². The quantitative estimate of drug-likeness (QED) is 0.684. The van der Waals surface area contributed by atoms with Gasteiger partial charge in [0.05, 0.1) is 6.04 Å². The molecule has 0 radical (unpaired) electrons. The molecule has 1 aliphatic carbocycles. The molecule has 0 aromatic rings. The van der Waals surface area contributed by atoms with Crippen molar-refractivity contribution in [1.82, 2.24) is 5.32 Å². The van der Waals surface area contributed by atoms with Crippen molar-refractivity contribution in [3.8, 4) is 0 Å². The predicted molar refractivity (Wildman–Crippen MR) is 71.6 cm³/mol. The van der Waals surface area contributed by atoms with Crippen LogP contribution >= 0.6 is 0 Å². The van der Waals surface area contributed by atoms with Crippen LogP contribution in [0.4, 0.5) is 0 Å². The number of carbonyl (C=O) groups excluding carboxylic acids is 1. The Balaban J connectivity index is 2.59. The molecule has 0 aromatic carbocycles. The van der Waals surface area contributed by atoms with E-state index in [1.807, 2.05) is 13.8 Å². The summed E-state index contributed by atoms with van der Waals surface area (Å²) in [6, 6.07) is -0.702. The van der Waals surface area contributed by atoms with E-state index in [2.05, 4.69) is 5.32 Å². The number of carboxylic acids is 1. The van der Waals surface area contributed by atoms with E-state index in [1.54, 1.807) is 0 Å². The highest BCUT2D eigenvalue weighted by Gasteiger charge is 2.30. The molecule has 0 heterocycles. The lowest BCUT2D eigenvalue weighted by molar-refractivity contribution is -0.149. The first-order valence-electron chi connectivity index (χ1n) is 7.13. The Morgan fingerprint density at radius 1 is 1.21 bits per heavy atom.